The summed E-state index contributed by atoms with van der Waals surface area (Å²) in [4.78, 5) is 35.6. The first-order valence-electron chi connectivity index (χ1n) is 13.6. The highest BCUT2D eigenvalue weighted by atomic mass is 19.1. The van der Waals surface area contributed by atoms with E-state index in [0.717, 1.165) is 24.8 Å². The third-order valence-electron chi connectivity index (χ3n) is 8.02. The lowest BCUT2D eigenvalue weighted by Gasteiger charge is -2.20. The summed E-state index contributed by atoms with van der Waals surface area (Å²) in [6.45, 7) is 9.74. The summed E-state index contributed by atoms with van der Waals surface area (Å²) < 4.78 is 15.3. The molecule has 0 bridgehead atoms. The molecule has 1 aromatic rings. The summed E-state index contributed by atoms with van der Waals surface area (Å²) >= 11 is 0. The van der Waals surface area contributed by atoms with Crippen molar-refractivity contribution in [2.75, 3.05) is 0 Å². The molecule has 1 aliphatic heterocycles. The number of unbranched alkanes of at least 4 members (excludes halogenated alkanes) is 1. The molecule has 0 amide bonds. The number of aryl methyl sites for hydroxylation is 2. The number of nitrogens with one attached hydrogen (secondary N) is 1. The van der Waals surface area contributed by atoms with Crippen LogP contribution in [0.15, 0.2) is 78.6 Å². The van der Waals surface area contributed by atoms with Crippen molar-refractivity contribution >= 4 is 5.97 Å². The van der Waals surface area contributed by atoms with E-state index < -0.39 is 5.97 Å². The van der Waals surface area contributed by atoms with Crippen molar-refractivity contribution < 1.29 is 19.1 Å². The van der Waals surface area contributed by atoms with Gasteiger partial charge in [0, 0.05) is 31.0 Å². The summed E-state index contributed by atoms with van der Waals surface area (Å²) in [7, 11) is 0. The maximum atomic E-state index is 13.7. The third kappa shape index (κ3) is 6.81. The molecule has 1 saturated carbocycles. The highest BCUT2D eigenvalue weighted by Gasteiger charge is 2.49. The van der Waals surface area contributed by atoms with Gasteiger partial charge in [-0.15, -0.1) is 13.2 Å². The summed E-state index contributed by atoms with van der Waals surface area (Å²) in [6.07, 6.45) is 14.5. The monoisotopic (exact) mass is 535 g/mol. The molecular weight excluding hydrogens is 497 g/mol. The topological polar surface area (TPSA) is 93.5 Å². The van der Waals surface area contributed by atoms with Crippen molar-refractivity contribution in [2.24, 2.45) is 11.8 Å². The van der Waals surface area contributed by atoms with E-state index in [2.05, 4.69) is 18.6 Å². The summed E-state index contributed by atoms with van der Waals surface area (Å²) in [5, 5.41) is 9.03. The number of halogens is 1. The van der Waals surface area contributed by atoms with Crippen LogP contribution < -0.4 is 11.0 Å². The molecule has 1 spiro atoms. The number of carboxylic acids is 1. The number of allylic oxidation sites excluding steroid dienone is 6. The fourth-order valence-electron chi connectivity index (χ4n) is 5.87. The Balaban J connectivity index is 1.68. The van der Waals surface area contributed by atoms with Crippen LogP contribution in [-0.4, -0.2) is 26.2 Å². The van der Waals surface area contributed by atoms with Gasteiger partial charge in [0.1, 0.15) is 11.7 Å². The molecule has 4 unspecified atom stereocenters. The molecule has 4 atom stereocenters. The molecule has 208 valence electrons. The first-order valence-corrected chi connectivity index (χ1v) is 13.6. The van der Waals surface area contributed by atoms with Crippen LogP contribution in [-0.2, 0) is 16.1 Å². The third-order valence-corrected chi connectivity index (χ3v) is 8.02. The molecule has 1 saturated heterocycles. The Morgan fingerprint density at radius 3 is 2.62 bits per heavy atom. The van der Waals surface area contributed by atoms with Gasteiger partial charge in [-0.1, -0.05) is 30.4 Å². The van der Waals surface area contributed by atoms with Crippen molar-refractivity contribution in [1.29, 1.82) is 0 Å². The summed E-state index contributed by atoms with van der Waals surface area (Å²) in [5.74, 6) is 0.00183. The van der Waals surface area contributed by atoms with E-state index in [-0.39, 0.29) is 35.5 Å². The van der Waals surface area contributed by atoms with Crippen molar-refractivity contribution in [3.8, 4) is 0 Å². The molecule has 39 heavy (non-hydrogen) atoms. The molecule has 2 fully saturated rings. The van der Waals surface area contributed by atoms with E-state index in [1.165, 1.54) is 12.2 Å². The second-order valence-corrected chi connectivity index (χ2v) is 10.8. The normalized spacial score (nSPS) is 27.7. The number of hydrogen-bond acceptors (Lipinski definition) is 5. The Hall–Kier alpha value is -3.36. The van der Waals surface area contributed by atoms with E-state index >= 15 is 0 Å². The van der Waals surface area contributed by atoms with E-state index in [4.69, 9.17) is 14.9 Å². The van der Waals surface area contributed by atoms with Crippen LogP contribution in [0.25, 0.3) is 0 Å². The number of rotatable bonds is 9. The smallest absolute Gasteiger partial charge is 0.303 e. The van der Waals surface area contributed by atoms with Crippen LogP contribution in [0.3, 0.4) is 0 Å². The minimum atomic E-state index is -0.856. The fraction of sp³-hybridized carbons (Fsp3) is 0.452. The predicted octanol–water partition coefficient (Wildman–Crippen LogP) is 5.93. The van der Waals surface area contributed by atoms with Gasteiger partial charge in [0.05, 0.1) is 17.7 Å². The highest BCUT2D eigenvalue weighted by Crippen LogP contribution is 2.49. The Bertz CT molecular complexity index is 1270. The number of hydrogen-bond donors (Lipinski definition) is 2. The SMILES string of the molecule is C=CC1CC2(CC(c3ccnc(CCCCC(=O)O)n(C4C=CC(F)=CC4)c(=O)c(C)cc3)NO2)CC1C=C. The van der Waals surface area contributed by atoms with Gasteiger partial charge in [-0.05, 0) is 74.6 Å². The lowest BCUT2D eigenvalue weighted by atomic mass is 9.90. The molecule has 7 nitrogen and oxygen atoms in total. The van der Waals surface area contributed by atoms with Gasteiger partial charge >= 0.3 is 5.97 Å². The maximum Gasteiger partial charge on any atom is 0.303 e. The molecule has 3 aliphatic rings. The predicted molar refractivity (Wildman–Crippen MR) is 149 cm³/mol. The Morgan fingerprint density at radius 2 is 1.97 bits per heavy atom. The molecule has 0 radical (unpaired) electrons. The molecule has 2 aliphatic carbocycles. The van der Waals surface area contributed by atoms with Crippen LogP contribution in [0.4, 0.5) is 4.39 Å². The van der Waals surface area contributed by atoms with Crippen LogP contribution in [0.2, 0.25) is 0 Å². The number of aromatic nitrogens is 2. The zero-order valence-electron chi connectivity index (χ0n) is 22.5. The van der Waals surface area contributed by atoms with Crippen molar-refractivity contribution in [3.63, 3.8) is 0 Å². The molecule has 0 aromatic carbocycles. The lowest BCUT2D eigenvalue weighted by Crippen LogP contribution is -2.28. The number of carbonyl (C=O) groups is 1. The standard InChI is InChI=1S/C31H38FN3O4/c1-4-22-18-31(19-23(22)5-2)20-27(34-39-31)24-11-10-21(3)30(38)35(26-14-12-25(32)13-15-26)28(33-17-16-24)8-6-7-9-29(36)37/h4-5,10-14,16-17,22-23,26-27,34H,1-2,6-9,15,18-20H2,3H3,(H,36,37). The van der Waals surface area contributed by atoms with Gasteiger partial charge in [-0.3, -0.25) is 19.0 Å². The quantitative estimate of drug-likeness (QED) is 0.301. The van der Waals surface area contributed by atoms with Gasteiger partial charge in [-0.2, -0.15) is 5.48 Å². The van der Waals surface area contributed by atoms with E-state index in [9.17, 15) is 14.0 Å². The van der Waals surface area contributed by atoms with Crippen LogP contribution in [0, 0.1) is 18.8 Å². The van der Waals surface area contributed by atoms with Crippen LogP contribution in [0.5, 0.6) is 0 Å². The van der Waals surface area contributed by atoms with Crippen molar-refractivity contribution in [2.45, 2.75) is 76.0 Å². The lowest BCUT2D eigenvalue weighted by molar-refractivity contribution is -0.137. The van der Waals surface area contributed by atoms with E-state index in [1.807, 2.05) is 30.4 Å². The summed E-state index contributed by atoms with van der Waals surface area (Å²) in [5.41, 5.74) is 4.18. The average molecular weight is 536 g/mol. The average Bonchev–Trinajstić information content (AvgIpc) is 3.50. The molecule has 8 heteroatoms. The Kier molecular flexibility index (Phi) is 9.30. The second kappa shape index (κ2) is 12.7. The number of hydroxylamine groups is 1. The molecule has 1 aromatic heterocycles. The van der Waals surface area contributed by atoms with Crippen molar-refractivity contribution in [3.05, 3.63) is 101 Å². The van der Waals surface area contributed by atoms with Gasteiger partial charge in [0.25, 0.3) is 5.56 Å². The molecular formula is C31H38FN3O4. The molecule has 2 heterocycles. The fourth-order valence-corrected chi connectivity index (χ4v) is 5.87. The molecule has 2 N–H and O–H groups in total. The minimum Gasteiger partial charge on any atom is -0.481 e. The maximum absolute atomic E-state index is 13.7. The number of carboxylic acid groups (broad SMARTS) is 1. The summed E-state index contributed by atoms with van der Waals surface area (Å²) in [6, 6.07) is 5.21. The second-order valence-electron chi connectivity index (χ2n) is 10.8. The first kappa shape index (κ1) is 28.6. The van der Waals surface area contributed by atoms with Gasteiger partial charge in [0.2, 0.25) is 0 Å². The number of nitrogens with zero attached hydrogens (tertiary/aromatic N) is 2. The van der Waals surface area contributed by atoms with Gasteiger partial charge < -0.3 is 5.11 Å². The minimum absolute atomic E-state index is 0.0503. The van der Waals surface area contributed by atoms with E-state index in [1.54, 1.807) is 23.8 Å². The van der Waals surface area contributed by atoms with Crippen LogP contribution in [0.1, 0.15) is 74.0 Å². The number of aliphatic carboxylic acids is 1. The van der Waals surface area contributed by atoms with Gasteiger partial charge in [0.15, 0.2) is 0 Å². The zero-order valence-corrected chi connectivity index (χ0v) is 22.5. The largest absolute Gasteiger partial charge is 0.481 e. The van der Waals surface area contributed by atoms with E-state index in [0.29, 0.717) is 48.9 Å². The highest BCUT2D eigenvalue weighted by molar-refractivity contribution is 5.66. The molecule has 4 rings (SSSR count). The van der Waals surface area contributed by atoms with Crippen LogP contribution >= 0.6 is 0 Å². The zero-order chi connectivity index (χ0) is 28.0. The van der Waals surface area contributed by atoms with Crippen molar-refractivity contribution in [1.82, 2.24) is 15.0 Å². The Labute approximate surface area is 229 Å². The van der Waals surface area contributed by atoms with Gasteiger partial charge in [-0.25, -0.2) is 9.37 Å². The first-order chi connectivity index (χ1) is 18.7. The Morgan fingerprint density at radius 1 is 1.23 bits per heavy atom.